The standard InChI is InChI=1S/C6H6N4S2/c7-1-5-9-10-6(12-5)4-2-11-3-8-4/h2-3H,1,7H2. The fourth-order valence-electron chi connectivity index (χ4n) is 0.758. The van der Waals surface area contributed by atoms with Gasteiger partial charge in [-0.1, -0.05) is 11.3 Å². The van der Waals surface area contributed by atoms with E-state index in [1.165, 1.54) is 11.3 Å². The van der Waals surface area contributed by atoms with Crippen molar-refractivity contribution < 1.29 is 0 Å². The third-order valence-electron chi connectivity index (χ3n) is 1.29. The van der Waals surface area contributed by atoms with Crippen LogP contribution >= 0.6 is 22.7 Å². The van der Waals surface area contributed by atoms with Gasteiger partial charge in [-0.05, 0) is 0 Å². The lowest BCUT2D eigenvalue weighted by Crippen LogP contribution is -1.94. The molecule has 0 aromatic carbocycles. The lowest BCUT2D eigenvalue weighted by atomic mass is 10.5. The maximum Gasteiger partial charge on any atom is 0.167 e. The van der Waals surface area contributed by atoms with Gasteiger partial charge in [-0.15, -0.1) is 21.5 Å². The van der Waals surface area contributed by atoms with Gasteiger partial charge < -0.3 is 5.73 Å². The molecule has 0 saturated heterocycles. The molecule has 0 atom stereocenters. The van der Waals surface area contributed by atoms with E-state index in [9.17, 15) is 0 Å². The minimum atomic E-state index is 0.446. The van der Waals surface area contributed by atoms with Crippen molar-refractivity contribution in [2.24, 2.45) is 5.73 Å². The number of aromatic nitrogens is 3. The number of rotatable bonds is 2. The summed E-state index contributed by atoms with van der Waals surface area (Å²) in [5.74, 6) is 0. The van der Waals surface area contributed by atoms with Crippen LogP contribution in [0.1, 0.15) is 5.01 Å². The fraction of sp³-hybridized carbons (Fsp3) is 0.167. The van der Waals surface area contributed by atoms with E-state index < -0.39 is 0 Å². The first-order chi connectivity index (χ1) is 5.90. The third-order valence-corrected chi connectivity index (χ3v) is 2.85. The van der Waals surface area contributed by atoms with Crippen LogP contribution in [0.5, 0.6) is 0 Å². The van der Waals surface area contributed by atoms with Gasteiger partial charge in [0.25, 0.3) is 0 Å². The van der Waals surface area contributed by atoms with Crippen LogP contribution in [0.4, 0.5) is 0 Å². The van der Waals surface area contributed by atoms with Gasteiger partial charge in [0.1, 0.15) is 10.7 Å². The summed E-state index contributed by atoms with van der Waals surface area (Å²) in [6.45, 7) is 0.446. The highest BCUT2D eigenvalue weighted by atomic mass is 32.1. The average molecular weight is 198 g/mol. The first kappa shape index (κ1) is 7.78. The van der Waals surface area contributed by atoms with E-state index in [4.69, 9.17) is 5.73 Å². The molecule has 0 bridgehead atoms. The molecule has 2 aromatic heterocycles. The monoisotopic (exact) mass is 198 g/mol. The summed E-state index contributed by atoms with van der Waals surface area (Å²) in [7, 11) is 0. The summed E-state index contributed by atoms with van der Waals surface area (Å²) in [5, 5.41) is 11.5. The first-order valence-corrected chi connectivity index (χ1v) is 5.07. The highest BCUT2D eigenvalue weighted by Crippen LogP contribution is 2.22. The normalized spacial score (nSPS) is 10.4. The summed E-state index contributed by atoms with van der Waals surface area (Å²) < 4.78 is 0. The Balaban J connectivity index is 2.35. The van der Waals surface area contributed by atoms with Gasteiger partial charge in [0.05, 0.1) is 5.51 Å². The van der Waals surface area contributed by atoms with Gasteiger partial charge in [-0.3, -0.25) is 0 Å². The molecule has 2 heterocycles. The second-order valence-corrected chi connectivity index (χ2v) is 3.86. The van der Waals surface area contributed by atoms with E-state index in [1.807, 2.05) is 5.38 Å². The van der Waals surface area contributed by atoms with Crippen LogP contribution in [-0.2, 0) is 6.54 Å². The lowest BCUT2D eigenvalue weighted by Gasteiger charge is -1.82. The Morgan fingerprint density at radius 2 is 2.33 bits per heavy atom. The Bertz CT molecular complexity index is 353. The van der Waals surface area contributed by atoms with Crippen molar-refractivity contribution >= 4 is 22.7 Å². The van der Waals surface area contributed by atoms with Crippen molar-refractivity contribution in [3.63, 3.8) is 0 Å². The predicted octanol–water partition coefficient (Wildman–Crippen LogP) is 1.12. The van der Waals surface area contributed by atoms with Gasteiger partial charge in [0.15, 0.2) is 5.01 Å². The predicted molar refractivity (Wildman–Crippen MR) is 48.9 cm³/mol. The molecule has 12 heavy (non-hydrogen) atoms. The van der Waals surface area contributed by atoms with Crippen LogP contribution in [0.15, 0.2) is 10.9 Å². The molecular weight excluding hydrogens is 192 g/mol. The van der Waals surface area contributed by atoms with Gasteiger partial charge in [-0.2, -0.15) is 0 Å². The molecule has 0 aliphatic carbocycles. The van der Waals surface area contributed by atoms with Crippen molar-refractivity contribution in [2.45, 2.75) is 6.54 Å². The van der Waals surface area contributed by atoms with Crippen LogP contribution in [-0.4, -0.2) is 15.2 Å². The average Bonchev–Trinajstić information content (AvgIpc) is 2.75. The van der Waals surface area contributed by atoms with E-state index >= 15 is 0 Å². The van der Waals surface area contributed by atoms with Crippen molar-refractivity contribution in [3.05, 3.63) is 15.9 Å². The van der Waals surface area contributed by atoms with Crippen molar-refractivity contribution in [3.8, 4) is 10.7 Å². The van der Waals surface area contributed by atoms with E-state index in [-0.39, 0.29) is 0 Å². The highest BCUT2D eigenvalue weighted by molar-refractivity contribution is 7.15. The van der Waals surface area contributed by atoms with E-state index in [0.29, 0.717) is 6.54 Å². The molecule has 0 unspecified atom stereocenters. The Morgan fingerprint density at radius 3 is 2.92 bits per heavy atom. The summed E-state index contributed by atoms with van der Waals surface area (Å²) in [4.78, 5) is 4.12. The number of hydrogen-bond donors (Lipinski definition) is 1. The Hall–Kier alpha value is -0.850. The molecule has 62 valence electrons. The number of thiazole rings is 1. The topological polar surface area (TPSA) is 64.7 Å². The molecule has 0 aliphatic heterocycles. The first-order valence-electron chi connectivity index (χ1n) is 3.31. The van der Waals surface area contributed by atoms with Gasteiger partial charge in [-0.25, -0.2) is 4.98 Å². The number of nitrogens with zero attached hydrogens (tertiary/aromatic N) is 3. The molecule has 0 radical (unpaired) electrons. The van der Waals surface area contributed by atoms with E-state index in [0.717, 1.165) is 15.7 Å². The van der Waals surface area contributed by atoms with E-state index in [1.54, 1.807) is 16.8 Å². The summed E-state index contributed by atoms with van der Waals surface area (Å²) in [5.41, 5.74) is 8.07. The van der Waals surface area contributed by atoms with Gasteiger partial charge in [0.2, 0.25) is 0 Å². The zero-order valence-corrected chi connectivity index (χ0v) is 7.73. The minimum Gasteiger partial charge on any atom is -0.324 e. The number of hydrogen-bond acceptors (Lipinski definition) is 6. The van der Waals surface area contributed by atoms with Crippen LogP contribution in [0.25, 0.3) is 10.7 Å². The van der Waals surface area contributed by atoms with Crippen LogP contribution in [0.2, 0.25) is 0 Å². The molecule has 0 spiro atoms. The van der Waals surface area contributed by atoms with Gasteiger partial charge >= 0.3 is 0 Å². The second kappa shape index (κ2) is 3.26. The molecule has 2 aromatic rings. The van der Waals surface area contributed by atoms with Crippen LogP contribution in [0.3, 0.4) is 0 Å². The van der Waals surface area contributed by atoms with Crippen molar-refractivity contribution in [2.75, 3.05) is 0 Å². The molecular formula is C6H6N4S2. The fourth-order valence-corrected chi connectivity index (χ4v) is 2.06. The SMILES string of the molecule is NCc1nnc(-c2cscn2)s1. The van der Waals surface area contributed by atoms with Crippen LogP contribution in [0, 0.1) is 0 Å². The van der Waals surface area contributed by atoms with Crippen molar-refractivity contribution in [1.82, 2.24) is 15.2 Å². The van der Waals surface area contributed by atoms with Crippen LogP contribution < -0.4 is 5.73 Å². The molecule has 6 heteroatoms. The smallest absolute Gasteiger partial charge is 0.167 e. The zero-order valence-electron chi connectivity index (χ0n) is 6.10. The molecule has 4 nitrogen and oxygen atoms in total. The van der Waals surface area contributed by atoms with E-state index in [2.05, 4.69) is 15.2 Å². The zero-order chi connectivity index (χ0) is 8.39. The number of nitrogens with two attached hydrogens (primary N) is 1. The minimum absolute atomic E-state index is 0.446. The van der Waals surface area contributed by atoms with Crippen molar-refractivity contribution in [1.29, 1.82) is 0 Å². The molecule has 0 fully saturated rings. The molecule has 2 N–H and O–H groups in total. The highest BCUT2D eigenvalue weighted by Gasteiger charge is 2.05. The summed E-state index contributed by atoms with van der Waals surface area (Å²) >= 11 is 3.04. The molecule has 0 aliphatic rings. The Morgan fingerprint density at radius 1 is 1.42 bits per heavy atom. The second-order valence-electron chi connectivity index (χ2n) is 2.08. The molecule has 0 amide bonds. The summed E-state index contributed by atoms with van der Waals surface area (Å²) in [6, 6.07) is 0. The maximum atomic E-state index is 5.41. The third kappa shape index (κ3) is 1.36. The summed E-state index contributed by atoms with van der Waals surface area (Å²) in [6.07, 6.45) is 0. The lowest BCUT2D eigenvalue weighted by molar-refractivity contribution is 0.959. The van der Waals surface area contributed by atoms with Gasteiger partial charge in [0, 0.05) is 11.9 Å². The largest absolute Gasteiger partial charge is 0.324 e. The molecule has 0 saturated carbocycles. The Labute approximate surface area is 77.1 Å². The molecule has 2 rings (SSSR count). The Kier molecular flexibility index (Phi) is 2.11. The quantitative estimate of drug-likeness (QED) is 0.785. The maximum absolute atomic E-state index is 5.41.